The minimum absolute atomic E-state index is 0.0923. The van der Waals surface area contributed by atoms with Gasteiger partial charge in [-0.3, -0.25) is 0 Å². The molecule has 1 N–H and O–H groups in total. The molecule has 1 aliphatic rings. The summed E-state index contributed by atoms with van der Waals surface area (Å²) < 4.78 is 10.6. The average Bonchev–Trinajstić information content (AvgIpc) is 2.14. The van der Waals surface area contributed by atoms with Crippen molar-refractivity contribution in [3.8, 4) is 0 Å². The zero-order valence-corrected chi connectivity index (χ0v) is 8.40. The molecule has 1 heterocycles. The van der Waals surface area contributed by atoms with Crippen LogP contribution in [0.15, 0.2) is 0 Å². The van der Waals surface area contributed by atoms with Gasteiger partial charge in [0.1, 0.15) is 6.10 Å². The van der Waals surface area contributed by atoms with Crippen molar-refractivity contribution in [2.45, 2.75) is 19.1 Å². The number of hydrogen-bond donors (Lipinski definition) is 1. The van der Waals surface area contributed by atoms with Gasteiger partial charge < -0.3 is 19.5 Å². The molecule has 0 aromatic carbocycles. The first-order valence-corrected chi connectivity index (χ1v) is 4.80. The molecule has 4 heteroatoms. The van der Waals surface area contributed by atoms with E-state index in [0.717, 1.165) is 13.1 Å². The lowest BCUT2D eigenvalue weighted by Gasteiger charge is -2.32. The van der Waals surface area contributed by atoms with Crippen LogP contribution in [0.3, 0.4) is 0 Å². The molecule has 0 amide bonds. The second-order valence-electron chi connectivity index (χ2n) is 3.40. The van der Waals surface area contributed by atoms with Crippen LogP contribution in [-0.2, 0) is 9.47 Å². The Morgan fingerprint density at radius 2 is 2.46 bits per heavy atom. The van der Waals surface area contributed by atoms with Crippen LogP contribution < -0.4 is 0 Å². The molecule has 1 fully saturated rings. The van der Waals surface area contributed by atoms with Crippen LogP contribution in [0.5, 0.6) is 0 Å². The highest BCUT2D eigenvalue weighted by Gasteiger charge is 2.24. The smallest absolute Gasteiger partial charge is 0.105 e. The highest BCUT2D eigenvalue weighted by atomic mass is 16.5. The lowest BCUT2D eigenvalue weighted by Crippen LogP contribution is -2.47. The molecular weight excluding hydrogens is 170 g/mol. The Labute approximate surface area is 79.4 Å². The van der Waals surface area contributed by atoms with Crippen molar-refractivity contribution in [1.82, 2.24) is 4.90 Å². The molecule has 4 nitrogen and oxygen atoms in total. The Balaban J connectivity index is 2.24. The van der Waals surface area contributed by atoms with E-state index in [4.69, 9.17) is 9.47 Å². The van der Waals surface area contributed by atoms with Crippen LogP contribution in [0.4, 0.5) is 0 Å². The topological polar surface area (TPSA) is 41.9 Å². The third kappa shape index (κ3) is 3.60. The predicted octanol–water partition coefficient (Wildman–Crippen LogP) is -0.286. The molecule has 1 aliphatic heterocycles. The molecule has 0 radical (unpaired) electrons. The normalized spacial score (nSPS) is 27.5. The van der Waals surface area contributed by atoms with E-state index < -0.39 is 6.10 Å². The molecule has 0 spiro atoms. The summed E-state index contributed by atoms with van der Waals surface area (Å²) in [4.78, 5) is 2.16. The molecule has 2 unspecified atom stereocenters. The van der Waals surface area contributed by atoms with E-state index in [1.54, 1.807) is 0 Å². The van der Waals surface area contributed by atoms with Gasteiger partial charge in [0.15, 0.2) is 0 Å². The molecule has 0 aromatic heterocycles. The lowest BCUT2D eigenvalue weighted by atomic mass is 10.2. The van der Waals surface area contributed by atoms with Gasteiger partial charge in [-0.05, 0) is 14.0 Å². The zero-order valence-electron chi connectivity index (χ0n) is 8.40. The summed E-state index contributed by atoms with van der Waals surface area (Å²) in [5.74, 6) is 0. The first-order valence-electron chi connectivity index (χ1n) is 4.80. The fraction of sp³-hybridized carbons (Fsp3) is 1.00. The summed E-state index contributed by atoms with van der Waals surface area (Å²) >= 11 is 0. The lowest BCUT2D eigenvalue weighted by molar-refractivity contribution is -0.104. The minimum Gasteiger partial charge on any atom is -0.388 e. The Morgan fingerprint density at radius 1 is 1.69 bits per heavy atom. The third-order valence-electron chi connectivity index (χ3n) is 2.22. The molecule has 0 saturated carbocycles. The average molecular weight is 189 g/mol. The second kappa shape index (κ2) is 5.54. The zero-order chi connectivity index (χ0) is 9.68. The molecule has 2 atom stereocenters. The maximum absolute atomic E-state index is 9.65. The van der Waals surface area contributed by atoms with E-state index >= 15 is 0 Å². The van der Waals surface area contributed by atoms with Crippen molar-refractivity contribution in [1.29, 1.82) is 0 Å². The van der Waals surface area contributed by atoms with Gasteiger partial charge in [0.05, 0.1) is 19.3 Å². The van der Waals surface area contributed by atoms with Crippen molar-refractivity contribution < 1.29 is 14.6 Å². The van der Waals surface area contributed by atoms with Gasteiger partial charge in [-0.1, -0.05) is 0 Å². The van der Waals surface area contributed by atoms with Gasteiger partial charge in [-0.25, -0.2) is 0 Å². The third-order valence-corrected chi connectivity index (χ3v) is 2.22. The van der Waals surface area contributed by atoms with E-state index in [1.165, 1.54) is 0 Å². The molecule has 1 saturated heterocycles. The van der Waals surface area contributed by atoms with Crippen molar-refractivity contribution in [3.63, 3.8) is 0 Å². The van der Waals surface area contributed by atoms with E-state index in [-0.39, 0.29) is 6.10 Å². The first kappa shape index (κ1) is 10.9. The number of aliphatic hydroxyl groups excluding tert-OH is 1. The summed E-state index contributed by atoms with van der Waals surface area (Å²) in [7, 11) is 2.03. The Morgan fingerprint density at radius 3 is 3.08 bits per heavy atom. The number of likely N-dealkylation sites (N-methyl/N-ethyl adjacent to an activating group) is 1. The van der Waals surface area contributed by atoms with Crippen LogP contribution in [0.25, 0.3) is 0 Å². The Hall–Kier alpha value is -0.160. The highest BCUT2D eigenvalue weighted by molar-refractivity contribution is 4.75. The molecule has 0 aliphatic carbocycles. The maximum Gasteiger partial charge on any atom is 0.105 e. The number of rotatable bonds is 4. The van der Waals surface area contributed by atoms with Gasteiger partial charge in [0.2, 0.25) is 0 Å². The summed E-state index contributed by atoms with van der Waals surface area (Å²) in [6.07, 6.45) is -0.590. The van der Waals surface area contributed by atoms with E-state index in [0.29, 0.717) is 19.8 Å². The van der Waals surface area contributed by atoms with Gasteiger partial charge in [0, 0.05) is 19.7 Å². The van der Waals surface area contributed by atoms with Gasteiger partial charge in [0.25, 0.3) is 0 Å². The van der Waals surface area contributed by atoms with Gasteiger partial charge in [-0.2, -0.15) is 0 Å². The molecule has 78 valence electrons. The molecule has 0 bridgehead atoms. The summed E-state index contributed by atoms with van der Waals surface area (Å²) in [6, 6.07) is 0. The quantitative estimate of drug-likeness (QED) is 0.660. The van der Waals surface area contributed by atoms with E-state index in [1.807, 2.05) is 14.0 Å². The fourth-order valence-corrected chi connectivity index (χ4v) is 1.39. The van der Waals surface area contributed by atoms with E-state index in [9.17, 15) is 5.11 Å². The van der Waals surface area contributed by atoms with Crippen LogP contribution in [0, 0.1) is 0 Å². The summed E-state index contributed by atoms with van der Waals surface area (Å²) in [5.41, 5.74) is 0. The van der Waals surface area contributed by atoms with Crippen molar-refractivity contribution in [2.24, 2.45) is 0 Å². The van der Waals surface area contributed by atoms with E-state index in [2.05, 4.69) is 4.90 Å². The van der Waals surface area contributed by atoms with Crippen LogP contribution >= 0.6 is 0 Å². The number of aliphatic hydroxyl groups is 1. The standard InChI is InChI=1S/C9H19NO3/c1-3-12-7-8(11)9-6-10(2)4-5-13-9/h8-9,11H,3-7H2,1-2H3. The SMILES string of the molecule is CCOCC(O)C1CN(C)CCO1. The van der Waals surface area contributed by atoms with Crippen LogP contribution in [0.1, 0.15) is 6.92 Å². The second-order valence-corrected chi connectivity index (χ2v) is 3.40. The maximum atomic E-state index is 9.65. The largest absolute Gasteiger partial charge is 0.388 e. The molecule has 0 aromatic rings. The molecule has 13 heavy (non-hydrogen) atoms. The molecule has 1 rings (SSSR count). The van der Waals surface area contributed by atoms with Crippen LogP contribution in [-0.4, -0.2) is 62.2 Å². The fourth-order valence-electron chi connectivity index (χ4n) is 1.39. The predicted molar refractivity (Wildman–Crippen MR) is 49.7 cm³/mol. The summed E-state index contributed by atoms with van der Waals surface area (Å²) in [5, 5.41) is 9.65. The van der Waals surface area contributed by atoms with Gasteiger partial charge in [-0.15, -0.1) is 0 Å². The van der Waals surface area contributed by atoms with Crippen molar-refractivity contribution in [2.75, 3.05) is 40.0 Å². The van der Waals surface area contributed by atoms with Crippen molar-refractivity contribution >= 4 is 0 Å². The van der Waals surface area contributed by atoms with Gasteiger partial charge >= 0.3 is 0 Å². The Kier molecular flexibility index (Phi) is 4.66. The molecular formula is C9H19NO3. The number of nitrogens with zero attached hydrogens (tertiary/aromatic N) is 1. The number of hydrogen-bond acceptors (Lipinski definition) is 4. The Bertz CT molecular complexity index is 143. The number of morpholine rings is 1. The monoisotopic (exact) mass is 189 g/mol. The number of ether oxygens (including phenoxy) is 2. The highest BCUT2D eigenvalue weighted by Crippen LogP contribution is 2.07. The first-order chi connectivity index (χ1) is 6.24. The minimum atomic E-state index is -0.498. The van der Waals surface area contributed by atoms with Crippen LogP contribution in [0.2, 0.25) is 0 Å². The summed E-state index contributed by atoms with van der Waals surface area (Å²) in [6.45, 7) is 5.35. The van der Waals surface area contributed by atoms with Crippen molar-refractivity contribution in [3.05, 3.63) is 0 Å².